The molecule has 0 radical (unpaired) electrons. The Bertz CT molecular complexity index is 532. The second kappa shape index (κ2) is 3.97. The Kier molecular flexibility index (Phi) is 2.65. The summed E-state index contributed by atoms with van der Waals surface area (Å²) in [5.74, 6) is 0.305. The van der Waals surface area contributed by atoms with Gasteiger partial charge in [0.2, 0.25) is 0 Å². The van der Waals surface area contributed by atoms with Gasteiger partial charge in [0.05, 0.1) is 0 Å². The van der Waals surface area contributed by atoms with Crippen molar-refractivity contribution < 1.29 is 5.11 Å². The molecule has 0 saturated heterocycles. The number of aryl methyl sites for hydroxylation is 3. The van der Waals surface area contributed by atoms with E-state index in [-0.39, 0.29) is 0 Å². The van der Waals surface area contributed by atoms with E-state index in [9.17, 15) is 5.11 Å². The van der Waals surface area contributed by atoms with Crippen LogP contribution in [-0.4, -0.2) is 10.1 Å². The van der Waals surface area contributed by atoms with E-state index >= 15 is 0 Å². The molecule has 2 aromatic rings. The van der Waals surface area contributed by atoms with Crippen LogP contribution in [0.2, 0.25) is 0 Å². The van der Waals surface area contributed by atoms with Gasteiger partial charge in [0.1, 0.15) is 5.75 Å². The fourth-order valence-corrected chi connectivity index (χ4v) is 1.84. The number of hydrogen-bond acceptors (Lipinski definition) is 2. The summed E-state index contributed by atoms with van der Waals surface area (Å²) in [6.45, 7) is 5.94. The zero-order valence-electron chi connectivity index (χ0n) is 9.78. The van der Waals surface area contributed by atoms with Crippen molar-refractivity contribution in [1.82, 2.24) is 4.98 Å². The van der Waals surface area contributed by atoms with Crippen molar-refractivity contribution in [3.05, 3.63) is 47.3 Å². The van der Waals surface area contributed by atoms with E-state index in [2.05, 4.69) is 4.98 Å². The molecule has 1 heterocycles. The lowest BCUT2D eigenvalue weighted by Gasteiger charge is -2.09. The van der Waals surface area contributed by atoms with Gasteiger partial charge in [-0.15, -0.1) is 0 Å². The maximum atomic E-state index is 9.85. The zero-order chi connectivity index (χ0) is 11.7. The maximum absolute atomic E-state index is 9.85. The van der Waals surface area contributed by atoms with Crippen LogP contribution in [0.3, 0.4) is 0 Å². The second-order valence-corrected chi connectivity index (χ2v) is 4.11. The van der Waals surface area contributed by atoms with Crippen molar-refractivity contribution in [2.24, 2.45) is 0 Å². The Labute approximate surface area is 95.6 Å². The fraction of sp³-hybridized carbons (Fsp3) is 0.214. The van der Waals surface area contributed by atoms with E-state index in [0.717, 1.165) is 28.1 Å². The molecule has 0 aliphatic carbocycles. The number of pyridine rings is 1. The van der Waals surface area contributed by atoms with Crippen LogP contribution in [-0.2, 0) is 0 Å². The Morgan fingerprint density at radius 2 is 1.69 bits per heavy atom. The minimum atomic E-state index is 0.305. The molecule has 82 valence electrons. The Balaban J connectivity index is 2.62. The van der Waals surface area contributed by atoms with Crippen molar-refractivity contribution in [3.63, 3.8) is 0 Å². The summed E-state index contributed by atoms with van der Waals surface area (Å²) in [5.41, 5.74) is 4.92. The van der Waals surface area contributed by atoms with Gasteiger partial charge in [-0.1, -0.05) is 17.7 Å². The topological polar surface area (TPSA) is 33.1 Å². The molecule has 0 fully saturated rings. The summed E-state index contributed by atoms with van der Waals surface area (Å²) in [7, 11) is 0. The number of aromatic hydroxyl groups is 1. The monoisotopic (exact) mass is 213 g/mol. The minimum absolute atomic E-state index is 0.305. The molecule has 2 rings (SSSR count). The van der Waals surface area contributed by atoms with Crippen LogP contribution in [0, 0.1) is 20.8 Å². The summed E-state index contributed by atoms with van der Waals surface area (Å²) in [6, 6.07) is 9.57. The quantitative estimate of drug-likeness (QED) is 0.787. The maximum Gasteiger partial charge on any atom is 0.123 e. The number of nitrogens with zero attached hydrogens (tertiary/aromatic N) is 1. The van der Waals surface area contributed by atoms with Crippen LogP contribution in [0.15, 0.2) is 30.3 Å². The number of rotatable bonds is 1. The van der Waals surface area contributed by atoms with Crippen LogP contribution in [0.25, 0.3) is 11.1 Å². The van der Waals surface area contributed by atoms with Gasteiger partial charge in [0.15, 0.2) is 0 Å². The summed E-state index contributed by atoms with van der Waals surface area (Å²) in [6.07, 6.45) is 0. The summed E-state index contributed by atoms with van der Waals surface area (Å²) in [4.78, 5) is 4.41. The molecule has 2 nitrogen and oxygen atoms in total. The first kappa shape index (κ1) is 10.7. The normalized spacial score (nSPS) is 10.4. The molecule has 0 spiro atoms. The van der Waals surface area contributed by atoms with E-state index in [4.69, 9.17) is 0 Å². The molecule has 0 unspecified atom stereocenters. The van der Waals surface area contributed by atoms with E-state index in [0.29, 0.717) is 5.75 Å². The van der Waals surface area contributed by atoms with Crippen LogP contribution >= 0.6 is 0 Å². The van der Waals surface area contributed by atoms with Crippen molar-refractivity contribution in [1.29, 1.82) is 0 Å². The zero-order valence-corrected chi connectivity index (χ0v) is 9.78. The average molecular weight is 213 g/mol. The van der Waals surface area contributed by atoms with Crippen LogP contribution < -0.4 is 0 Å². The predicted molar refractivity (Wildman–Crippen MR) is 65.5 cm³/mol. The molecule has 16 heavy (non-hydrogen) atoms. The van der Waals surface area contributed by atoms with Crippen LogP contribution in [0.1, 0.15) is 17.0 Å². The lowest BCUT2D eigenvalue weighted by molar-refractivity contribution is 0.477. The minimum Gasteiger partial charge on any atom is -0.507 e. The van der Waals surface area contributed by atoms with Crippen LogP contribution in [0.5, 0.6) is 5.75 Å². The Morgan fingerprint density at radius 3 is 2.38 bits per heavy atom. The predicted octanol–water partition coefficient (Wildman–Crippen LogP) is 3.38. The van der Waals surface area contributed by atoms with Gasteiger partial charge in [0, 0.05) is 22.5 Å². The number of phenolic OH excluding ortho intramolecular Hbond substituents is 1. The summed E-state index contributed by atoms with van der Waals surface area (Å²) >= 11 is 0. The van der Waals surface area contributed by atoms with Gasteiger partial charge >= 0.3 is 0 Å². The van der Waals surface area contributed by atoms with Gasteiger partial charge in [0.25, 0.3) is 0 Å². The largest absolute Gasteiger partial charge is 0.507 e. The van der Waals surface area contributed by atoms with E-state index in [1.807, 2.05) is 45.0 Å². The molecule has 0 saturated carbocycles. The second-order valence-electron chi connectivity index (χ2n) is 4.11. The number of aromatic nitrogens is 1. The Hall–Kier alpha value is -1.83. The molecule has 1 aromatic carbocycles. The highest BCUT2D eigenvalue weighted by atomic mass is 16.3. The average Bonchev–Trinajstić information content (AvgIpc) is 2.22. The van der Waals surface area contributed by atoms with E-state index < -0.39 is 0 Å². The lowest BCUT2D eigenvalue weighted by atomic mass is 10.0. The third-order valence-corrected chi connectivity index (χ3v) is 2.67. The third-order valence-electron chi connectivity index (χ3n) is 2.67. The molecular weight excluding hydrogens is 198 g/mol. The first-order valence-corrected chi connectivity index (χ1v) is 5.32. The summed E-state index contributed by atoms with van der Waals surface area (Å²) in [5, 5.41) is 9.85. The SMILES string of the molecule is Cc1ccc(O)c(-c2ccc(C)nc2C)c1. The summed E-state index contributed by atoms with van der Waals surface area (Å²) < 4.78 is 0. The van der Waals surface area contributed by atoms with Crippen molar-refractivity contribution >= 4 is 0 Å². The lowest BCUT2D eigenvalue weighted by Crippen LogP contribution is -1.91. The molecule has 1 N–H and O–H groups in total. The molecule has 0 aliphatic rings. The standard InChI is InChI=1S/C14H15NO/c1-9-4-7-14(16)13(8-9)12-6-5-10(2)15-11(12)3/h4-8,16H,1-3H3. The van der Waals surface area contributed by atoms with Crippen molar-refractivity contribution in [2.75, 3.05) is 0 Å². The highest BCUT2D eigenvalue weighted by Gasteiger charge is 2.08. The smallest absolute Gasteiger partial charge is 0.123 e. The van der Waals surface area contributed by atoms with Crippen molar-refractivity contribution in [2.45, 2.75) is 20.8 Å². The molecule has 0 atom stereocenters. The van der Waals surface area contributed by atoms with Gasteiger partial charge in [-0.3, -0.25) is 4.98 Å². The highest BCUT2D eigenvalue weighted by molar-refractivity contribution is 5.72. The van der Waals surface area contributed by atoms with Gasteiger partial charge < -0.3 is 5.11 Å². The van der Waals surface area contributed by atoms with Gasteiger partial charge in [-0.25, -0.2) is 0 Å². The van der Waals surface area contributed by atoms with E-state index in [1.165, 1.54) is 0 Å². The number of benzene rings is 1. The molecule has 1 aromatic heterocycles. The molecule has 0 amide bonds. The number of phenols is 1. The first-order valence-electron chi connectivity index (χ1n) is 5.32. The molecule has 0 bridgehead atoms. The van der Waals surface area contributed by atoms with Gasteiger partial charge in [-0.2, -0.15) is 0 Å². The Morgan fingerprint density at radius 1 is 0.938 bits per heavy atom. The van der Waals surface area contributed by atoms with Crippen LogP contribution in [0.4, 0.5) is 0 Å². The molecular formula is C14H15NO. The van der Waals surface area contributed by atoms with Gasteiger partial charge in [-0.05, 0) is 39.0 Å². The molecule has 0 aliphatic heterocycles. The third kappa shape index (κ3) is 1.91. The highest BCUT2D eigenvalue weighted by Crippen LogP contribution is 2.31. The van der Waals surface area contributed by atoms with E-state index in [1.54, 1.807) is 6.07 Å². The first-order chi connectivity index (χ1) is 7.58. The number of hydrogen-bond donors (Lipinski definition) is 1. The molecule has 2 heteroatoms. The fourth-order valence-electron chi connectivity index (χ4n) is 1.84. The van der Waals surface area contributed by atoms with Crippen molar-refractivity contribution in [3.8, 4) is 16.9 Å².